The number of nitrogens with zero attached hydrogens (tertiary/aromatic N) is 1. The van der Waals surface area contributed by atoms with Crippen LogP contribution in [0, 0.1) is 12.8 Å². The monoisotopic (exact) mass is 316 g/mol. The highest BCUT2D eigenvalue weighted by molar-refractivity contribution is 6.01. The Labute approximate surface area is 137 Å². The zero-order valence-corrected chi connectivity index (χ0v) is 13.8. The Morgan fingerprint density at radius 1 is 1.30 bits per heavy atom. The third-order valence-corrected chi connectivity index (χ3v) is 4.82. The largest absolute Gasteiger partial charge is 0.495 e. The van der Waals surface area contributed by atoms with Gasteiger partial charge in [0.2, 0.25) is 11.8 Å². The summed E-state index contributed by atoms with van der Waals surface area (Å²) in [6.07, 6.45) is 4.75. The number of hydrogen-bond acceptors (Lipinski definition) is 3. The highest BCUT2D eigenvalue weighted by Crippen LogP contribution is 2.34. The lowest BCUT2D eigenvalue weighted by molar-refractivity contribution is -0.126. The number of hydrogen-bond donors (Lipinski definition) is 1. The number of ether oxygens (including phenoxy) is 1. The van der Waals surface area contributed by atoms with E-state index >= 15 is 0 Å². The van der Waals surface area contributed by atoms with E-state index in [1.165, 1.54) is 12.8 Å². The highest BCUT2D eigenvalue weighted by Gasteiger charge is 2.37. The summed E-state index contributed by atoms with van der Waals surface area (Å²) in [5.41, 5.74) is 1.82. The van der Waals surface area contributed by atoms with Crippen LogP contribution in [0.5, 0.6) is 5.75 Å². The van der Waals surface area contributed by atoms with E-state index in [9.17, 15) is 9.59 Å². The number of methoxy groups -OCH3 is 1. The summed E-state index contributed by atoms with van der Waals surface area (Å²) in [5.74, 6) is 0.397. The van der Waals surface area contributed by atoms with Gasteiger partial charge in [0.25, 0.3) is 0 Å². The van der Waals surface area contributed by atoms with Crippen molar-refractivity contribution in [3.05, 3.63) is 23.8 Å². The van der Waals surface area contributed by atoms with Gasteiger partial charge in [-0.25, -0.2) is 0 Å². The van der Waals surface area contributed by atoms with Crippen molar-refractivity contribution in [1.29, 1.82) is 0 Å². The lowest BCUT2D eigenvalue weighted by Gasteiger charge is -2.20. The highest BCUT2D eigenvalue weighted by atomic mass is 16.5. The van der Waals surface area contributed by atoms with Crippen LogP contribution in [0.1, 0.15) is 37.7 Å². The number of benzene rings is 1. The number of nitrogens with one attached hydrogen (secondary N) is 1. The second kappa shape index (κ2) is 6.60. The molecular formula is C18H24N2O3. The molecule has 1 aliphatic heterocycles. The second-order valence-electron chi connectivity index (χ2n) is 6.57. The standard InChI is InChI=1S/C18H24N2O3/c1-12-7-8-16(23-2)15(9-12)20-11-13(10-17(20)21)18(22)19-14-5-3-4-6-14/h7-9,13-14H,3-6,10-11H2,1-2H3,(H,19,22)/t13-/m1/s1. The molecule has 3 rings (SSSR count). The Bertz CT molecular complexity index is 608. The van der Waals surface area contributed by atoms with Crippen LogP contribution in [-0.2, 0) is 9.59 Å². The van der Waals surface area contributed by atoms with Crippen LogP contribution in [0.15, 0.2) is 18.2 Å². The Morgan fingerprint density at radius 2 is 2.04 bits per heavy atom. The molecule has 1 N–H and O–H groups in total. The van der Waals surface area contributed by atoms with Gasteiger partial charge < -0.3 is 15.0 Å². The van der Waals surface area contributed by atoms with E-state index in [-0.39, 0.29) is 24.2 Å². The van der Waals surface area contributed by atoms with E-state index < -0.39 is 0 Å². The van der Waals surface area contributed by atoms with Crippen LogP contribution in [0.3, 0.4) is 0 Å². The molecule has 23 heavy (non-hydrogen) atoms. The number of rotatable bonds is 4. The predicted molar refractivity (Wildman–Crippen MR) is 88.6 cm³/mol. The van der Waals surface area contributed by atoms with Crippen molar-refractivity contribution in [2.45, 2.75) is 45.1 Å². The van der Waals surface area contributed by atoms with Gasteiger partial charge in [-0.3, -0.25) is 9.59 Å². The molecule has 1 aromatic carbocycles. The summed E-state index contributed by atoms with van der Waals surface area (Å²) in [4.78, 5) is 26.5. The van der Waals surface area contributed by atoms with Gasteiger partial charge in [0.05, 0.1) is 18.7 Å². The number of aryl methyl sites for hydroxylation is 1. The third kappa shape index (κ3) is 3.33. The van der Waals surface area contributed by atoms with Gasteiger partial charge in [-0.1, -0.05) is 18.9 Å². The fraction of sp³-hybridized carbons (Fsp3) is 0.556. The van der Waals surface area contributed by atoms with Gasteiger partial charge in [0, 0.05) is 19.0 Å². The normalized spacial score (nSPS) is 21.7. The Balaban J connectivity index is 1.72. The van der Waals surface area contributed by atoms with Crippen LogP contribution in [0.4, 0.5) is 5.69 Å². The van der Waals surface area contributed by atoms with Crippen LogP contribution >= 0.6 is 0 Å². The van der Waals surface area contributed by atoms with Gasteiger partial charge in [-0.15, -0.1) is 0 Å². The van der Waals surface area contributed by atoms with Crippen LogP contribution < -0.4 is 15.0 Å². The third-order valence-electron chi connectivity index (χ3n) is 4.82. The lowest BCUT2D eigenvalue weighted by Crippen LogP contribution is -2.38. The van der Waals surface area contributed by atoms with Crippen LogP contribution in [0.25, 0.3) is 0 Å². The molecule has 2 fully saturated rings. The van der Waals surface area contributed by atoms with Crippen molar-refractivity contribution in [1.82, 2.24) is 5.32 Å². The van der Waals surface area contributed by atoms with Crippen molar-refractivity contribution in [2.75, 3.05) is 18.6 Å². The van der Waals surface area contributed by atoms with Crippen molar-refractivity contribution in [2.24, 2.45) is 5.92 Å². The molecule has 0 aromatic heterocycles. The minimum Gasteiger partial charge on any atom is -0.495 e. The average Bonchev–Trinajstić information content (AvgIpc) is 3.16. The van der Waals surface area contributed by atoms with E-state index in [0.29, 0.717) is 18.3 Å². The first-order chi connectivity index (χ1) is 11.1. The molecule has 5 nitrogen and oxygen atoms in total. The van der Waals surface area contributed by atoms with E-state index in [2.05, 4.69) is 5.32 Å². The topological polar surface area (TPSA) is 58.6 Å². The predicted octanol–water partition coefficient (Wildman–Crippen LogP) is 2.42. The van der Waals surface area contributed by atoms with Gasteiger partial charge in [-0.2, -0.15) is 0 Å². The summed E-state index contributed by atoms with van der Waals surface area (Å²) in [6.45, 7) is 2.41. The van der Waals surface area contributed by atoms with Gasteiger partial charge in [0.1, 0.15) is 5.75 Å². The molecule has 0 bridgehead atoms. The molecule has 1 heterocycles. The van der Waals surface area contributed by atoms with Gasteiger partial charge in [0.15, 0.2) is 0 Å². The number of carbonyl (C=O) groups excluding carboxylic acids is 2. The first-order valence-corrected chi connectivity index (χ1v) is 8.34. The molecular weight excluding hydrogens is 292 g/mol. The first kappa shape index (κ1) is 15.8. The molecule has 0 radical (unpaired) electrons. The van der Waals surface area contributed by atoms with E-state index in [1.54, 1.807) is 12.0 Å². The maximum Gasteiger partial charge on any atom is 0.227 e. The number of anilines is 1. The minimum absolute atomic E-state index is 0.0133. The van der Waals surface area contributed by atoms with E-state index in [0.717, 1.165) is 24.1 Å². The lowest BCUT2D eigenvalue weighted by atomic mass is 10.1. The molecule has 1 aliphatic carbocycles. The summed E-state index contributed by atoms with van der Waals surface area (Å²) >= 11 is 0. The Hall–Kier alpha value is -2.04. The summed E-state index contributed by atoms with van der Waals surface area (Å²) in [5, 5.41) is 3.10. The SMILES string of the molecule is COc1ccc(C)cc1N1C[C@H](C(=O)NC2CCCC2)CC1=O. The van der Waals surface area contributed by atoms with E-state index in [1.807, 2.05) is 25.1 Å². The van der Waals surface area contributed by atoms with Crippen molar-refractivity contribution >= 4 is 17.5 Å². The second-order valence-corrected chi connectivity index (χ2v) is 6.57. The number of amides is 2. The molecule has 1 atom stereocenters. The summed E-state index contributed by atoms with van der Waals surface area (Å²) in [6, 6.07) is 6.05. The quantitative estimate of drug-likeness (QED) is 0.928. The average molecular weight is 316 g/mol. The maximum absolute atomic E-state index is 12.4. The Morgan fingerprint density at radius 3 is 2.74 bits per heavy atom. The Kier molecular flexibility index (Phi) is 4.55. The molecule has 1 saturated carbocycles. The molecule has 1 aromatic rings. The minimum atomic E-state index is -0.270. The summed E-state index contributed by atoms with van der Waals surface area (Å²) in [7, 11) is 1.60. The molecule has 0 unspecified atom stereocenters. The fourth-order valence-electron chi connectivity index (χ4n) is 3.52. The van der Waals surface area contributed by atoms with Gasteiger partial charge in [-0.05, 0) is 37.5 Å². The molecule has 0 spiro atoms. The van der Waals surface area contributed by atoms with Crippen LogP contribution in [0.2, 0.25) is 0 Å². The van der Waals surface area contributed by atoms with Crippen LogP contribution in [-0.4, -0.2) is 31.5 Å². The zero-order chi connectivity index (χ0) is 16.4. The zero-order valence-electron chi connectivity index (χ0n) is 13.8. The van der Waals surface area contributed by atoms with E-state index in [4.69, 9.17) is 4.74 Å². The van der Waals surface area contributed by atoms with Crippen molar-refractivity contribution in [3.63, 3.8) is 0 Å². The smallest absolute Gasteiger partial charge is 0.227 e. The maximum atomic E-state index is 12.4. The summed E-state index contributed by atoms with van der Waals surface area (Å²) < 4.78 is 5.37. The fourth-order valence-corrected chi connectivity index (χ4v) is 3.52. The van der Waals surface area contributed by atoms with Gasteiger partial charge >= 0.3 is 0 Å². The molecule has 5 heteroatoms. The molecule has 2 amide bonds. The molecule has 2 aliphatic rings. The number of carbonyl (C=O) groups is 2. The van der Waals surface area contributed by atoms with Crippen molar-refractivity contribution in [3.8, 4) is 5.75 Å². The molecule has 1 saturated heterocycles. The van der Waals surface area contributed by atoms with Crippen molar-refractivity contribution < 1.29 is 14.3 Å². The first-order valence-electron chi connectivity index (χ1n) is 8.34. The molecule has 124 valence electrons.